The zero-order valence-corrected chi connectivity index (χ0v) is 16.6. The third-order valence-corrected chi connectivity index (χ3v) is 4.51. The lowest BCUT2D eigenvalue weighted by Gasteiger charge is -2.38. The lowest BCUT2D eigenvalue weighted by Crippen LogP contribution is -2.54. The molecule has 29 heavy (non-hydrogen) atoms. The average molecular weight is 398 g/mol. The van der Waals surface area contributed by atoms with E-state index < -0.39 is 23.4 Å². The maximum atomic E-state index is 12.8. The van der Waals surface area contributed by atoms with Crippen LogP contribution in [0.2, 0.25) is 0 Å². The molecule has 0 spiro atoms. The first-order valence-corrected chi connectivity index (χ1v) is 8.93. The van der Waals surface area contributed by atoms with Crippen LogP contribution in [0.5, 0.6) is 11.5 Å². The second-order valence-corrected chi connectivity index (χ2v) is 6.92. The number of ether oxygens (including phenoxy) is 3. The van der Waals surface area contributed by atoms with Crippen LogP contribution in [0.1, 0.15) is 24.2 Å². The topological polar surface area (TPSA) is 94.2 Å². The van der Waals surface area contributed by atoms with Gasteiger partial charge in [0.25, 0.3) is 11.8 Å². The van der Waals surface area contributed by atoms with Crippen LogP contribution in [-0.4, -0.2) is 44.1 Å². The fourth-order valence-electron chi connectivity index (χ4n) is 3.00. The van der Waals surface area contributed by atoms with E-state index in [0.717, 1.165) is 0 Å². The molecular formula is C21H22N2O6. The van der Waals surface area contributed by atoms with Crippen LogP contribution in [-0.2, 0) is 14.3 Å². The SMILES string of the molecule is COC(=O)CN1C(=O)C(C)(C)Oc2ccc(C(=O)Nc3ccccc3OC)cc21. The largest absolute Gasteiger partial charge is 0.495 e. The van der Waals surface area contributed by atoms with Crippen molar-refractivity contribution >= 4 is 29.2 Å². The summed E-state index contributed by atoms with van der Waals surface area (Å²) in [5.74, 6) is -0.463. The van der Waals surface area contributed by atoms with E-state index >= 15 is 0 Å². The summed E-state index contributed by atoms with van der Waals surface area (Å²) < 4.78 is 15.7. The molecule has 3 rings (SSSR count). The van der Waals surface area contributed by atoms with Crippen molar-refractivity contribution in [1.29, 1.82) is 0 Å². The molecule has 2 aromatic rings. The van der Waals surface area contributed by atoms with Gasteiger partial charge in [0.05, 0.1) is 25.6 Å². The van der Waals surface area contributed by atoms with Gasteiger partial charge < -0.3 is 19.5 Å². The highest BCUT2D eigenvalue weighted by molar-refractivity contribution is 6.09. The van der Waals surface area contributed by atoms with Crippen molar-refractivity contribution in [2.75, 3.05) is 31.0 Å². The third kappa shape index (κ3) is 4.01. The molecule has 0 radical (unpaired) electrons. The van der Waals surface area contributed by atoms with Crippen LogP contribution in [0, 0.1) is 0 Å². The predicted molar refractivity (Wildman–Crippen MR) is 106 cm³/mol. The first kappa shape index (κ1) is 20.2. The highest BCUT2D eigenvalue weighted by Gasteiger charge is 2.42. The monoisotopic (exact) mass is 398 g/mol. The van der Waals surface area contributed by atoms with Crippen LogP contribution in [0.15, 0.2) is 42.5 Å². The zero-order chi connectivity index (χ0) is 21.2. The smallest absolute Gasteiger partial charge is 0.325 e. The van der Waals surface area contributed by atoms with E-state index in [1.54, 1.807) is 50.2 Å². The Morgan fingerprint density at radius 2 is 1.86 bits per heavy atom. The van der Waals surface area contributed by atoms with Crippen LogP contribution >= 0.6 is 0 Å². The summed E-state index contributed by atoms with van der Waals surface area (Å²) >= 11 is 0. The summed E-state index contributed by atoms with van der Waals surface area (Å²) in [6.07, 6.45) is 0. The van der Waals surface area contributed by atoms with Gasteiger partial charge in [0.1, 0.15) is 18.0 Å². The minimum absolute atomic E-state index is 0.285. The predicted octanol–water partition coefficient (Wildman–Crippen LogP) is 2.62. The maximum absolute atomic E-state index is 12.8. The molecule has 0 saturated carbocycles. The molecule has 0 unspecified atom stereocenters. The number of esters is 1. The van der Waals surface area contributed by atoms with Crippen molar-refractivity contribution in [3.63, 3.8) is 0 Å². The number of fused-ring (bicyclic) bond motifs is 1. The molecule has 0 atom stereocenters. The van der Waals surface area contributed by atoms with Gasteiger partial charge in [-0.2, -0.15) is 0 Å². The fourth-order valence-corrected chi connectivity index (χ4v) is 3.00. The van der Waals surface area contributed by atoms with Gasteiger partial charge in [-0.3, -0.25) is 19.3 Å². The number of hydrogen-bond acceptors (Lipinski definition) is 6. The maximum Gasteiger partial charge on any atom is 0.325 e. The molecule has 0 aromatic heterocycles. The van der Waals surface area contributed by atoms with Gasteiger partial charge in [-0.1, -0.05) is 12.1 Å². The molecule has 0 fully saturated rings. The number of anilines is 2. The molecule has 0 bridgehead atoms. The number of amides is 2. The zero-order valence-electron chi connectivity index (χ0n) is 16.6. The van der Waals surface area contributed by atoms with Gasteiger partial charge in [-0.25, -0.2) is 0 Å². The standard InChI is InChI=1S/C21H22N2O6/c1-21(2)20(26)23(12-18(24)28-4)15-11-13(9-10-17(15)29-21)19(25)22-14-7-5-6-8-16(14)27-3/h5-11H,12H2,1-4H3,(H,22,25). The lowest BCUT2D eigenvalue weighted by atomic mass is 10.0. The van der Waals surface area contributed by atoms with E-state index in [0.29, 0.717) is 28.4 Å². The van der Waals surface area contributed by atoms with E-state index in [2.05, 4.69) is 5.32 Å². The molecule has 2 aromatic carbocycles. The van der Waals surface area contributed by atoms with Crippen LogP contribution in [0.4, 0.5) is 11.4 Å². The van der Waals surface area contributed by atoms with Gasteiger partial charge >= 0.3 is 5.97 Å². The minimum Gasteiger partial charge on any atom is -0.495 e. The average Bonchev–Trinajstić information content (AvgIpc) is 2.71. The fraction of sp³-hybridized carbons (Fsp3) is 0.286. The Bertz CT molecular complexity index is 969. The minimum atomic E-state index is -1.15. The summed E-state index contributed by atoms with van der Waals surface area (Å²) in [6.45, 7) is 2.95. The molecule has 0 aliphatic carbocycles. The molecule has 1 N–H and O–H groups in total. The Morgan fingerprint density at radius 3 is 2.55 bits per heavy atom. The van der Waals surface area contributed by atoms with Crippen molar-refractivity contribution in [1.82, 2.24) is 0 Å². The van der Waals surface area contributed by atoms with E-state index in [1.807, 2.05) is 0 Å². The molecule has 1 aliphatic rings. The van der Waals surface area contributed by atoms with Crippen molar-refractivity contribution in [2.45, 2.75) is 19.4 Å². The number of carbonyl (C=O) groups excluding carboxylic acids is 3. The number of nitrogens with one attached hydrogen (secondary N) is 1. The van der Waals surface area contributed by atoms with Crippen molar-refractivity contribution in [3.8, 4) is 11.5 Å². The first-order valence-electron chi connectivity index (χ1n) is 8.93. The number of methoxy groups -OCH3 is 2. The number of benzene rings is 2. The van der Waals surface area contributed by atoms with E-state index in [4.69, 9.17) is 14.2 Å². The van der Waals surface area contributed by atoms with Crippen LogP contribution in [0.3, 0.4) is 0 Å². The quantitative estimate of drug-likeness (QED) is 0.778. The van der Waals surface area contributed by atoms with E-state index in [1.165, 1.54) is 25.2 Å². The Kier molecular flexibility index (Phi) is 5.45. The Labute approximate surface area is 168 Å². The number of hydrogen-bond donors (Lipinski definition) is 1. The normalized spacial score (nSPS) is 14.5. The first-order chi connectivity index (χ1) is 13.8. The van der Waals surface area contributed by atoms with E-state index in [-0.39, 0.29) is 6.54 Å². The number of para-hydroxylation sites is 2. The Hall–Kier alpha value is -3.55. The molecule has 2 amide bonds. The summed E-state index contributed by atoms with van der Waals surface area (Å²) in [6, 6.07) is 11.7. The number of rotatable bonds is 5. The van der Waals surface area contributed by atoms with Gasteiger partial charge in [-0.15, -0.1) is 0 Å². The molecule has 8 nitrogen and oxygen atoms in total. The summed E-state index contributed by atoms with van der Waals surface area (Å²) in [4.78, 5) is 38.6. The number of nitrogens with zero attached hydrogens (tertiary/aromatic N) is 1. The highest BCUT2D eigenvalue weighted by Crippen LogP contribution is 2.38. The number of carbonyl (C=O) groups is 3. The molecule has 1 heterocycles. The summed E-state index contributed by atoms with van der Waals surface area (Å²) in [5.41, 5.74) is -0.0204. The van der Waals surface area contributed by atoms with Crippen molar-refractivity contribution < 1.29 is 28.6 Å². The second kappa shape index (κ2) is 7.83. The van der Waals surface area contributed by atoms with Gasteiger partial charge in [0.2, 0.25) is 0 Å². The van der Waals surface area contributed by atoms with Gasteiger partial charge in [0, 0.05) is 5.56 Å². The molecule has 152 valence electrons. The third-order valence-electron chi connectivity index (χ3n) is 4.51. The lowest BCUT2D eigenvalue weighted by molar-refractivity contribution is -0.142. The molecule has 8 heteroatoms. The summed E-state index contributed by atoms with van der Waals surface area (Å²) in [5, 5.41) is 2.78. The molecule has 0 saturated heterocycles. The Balaban J connectivity index is 1.95. The highest BCUT2D eigenvalue weighted by atomic mass is 16.5. The van der Waals surface area contributed by atoms with Crippen molar-refractivity contribution in [2.24, 2.45) is 0 Å². The Morgan fingerprint density at radius 1 is 1.14 bits per heavy atom. The van der Waals surface area contributed by atoms with Crippen LogP contribution < -0.4 is 19.7 Å². The van der Waals surface area contributed by atoms with E-state index in [9.17, 15) is 14.4 Å². The van der Waals surface area contributed by atoms with Gasteiger partial charge in [0.15, 0.2) is 5.60 Å². The molecule has 1 aliphatic heterocycles. The van der Waals surface area contributed by atoms with Gasteiger partial charge in [-0.05, 0) is 44.2 Å². The van der Waals surface area contributed by atoms with Crippen molar-refractivity contribution in [3.05, 3.63) is 48.0 Å². The molecular weight excluding hydrogens is 376 g/mol. The summed E-state index contributed by atoms with van der Waals surface area (Å²) in [7, 11) is 2.76. The second-order valence-electron chi connectivity index (χ2n) is 6.92. The van der Waals surface area contributed by atoms with Crippen LogP contribution in [0.25, 0.3) is 0 Å².